The minimum absolute atomic E-state index is 0. The van der Waals surface area contributed by atoms with Crippen molar-refractivity contribution in [1.82, 2.24) is 10.6 Å². The molecular formula is C19H34IN3O2. The zero-order valence-electron chi connectivity index (χ0n) is 16.1. The first-order valence-electron chi connectivity index (χ1n) is 8.83. The largest absolute Gasteiger partial charge is 0.379 e. The van der Waals surface area contributed by atoms with Gasteiger partial charge in [-0.2, -0.15) is 0 Å². The number of nitrogens with one attached hydrogen (secondary N) is 2. The summed E-state index contributed by atoms with van der Waals surface area (Å²) in [6.45, 7) is 10.7. The molecular weight excluding hydrogens is 429 g/mol. The van der Waals surface area contributed by atoms with Gasteiger partial charge in [0.1, 0.15) is 0 Å². The van der Waals surface area contributed by atoms with E-state index >= 15 is 0 Å². The van der Waals surface area contributed by atoms with E-state index in [2.05, 4.69) is 54.6 Å². The Morgan fingerprint density at radius 2 is 1.76 bits per heavy atom. The highest BCUT2D eigenvalue weighted by molar-refractivity contribution is 14.0. The molecule has 0 spiro atoms. The molecule has 0 atom stereocenters. The monoisotopic (exact) mass is 463 g/mol. The third kappa shape index (κ3) is 11.4. The summed E-state index contributed by atoms with van der Waals surface area (Å²) in [7, 11) is 1.78. The van der Waals surface area contributed by atoms with Crippen LogP contribution >= 0.6 is 24.0 Å². The maximum Gasteiger partial charge on any atom is 0.191 e. The van der Waals surface area contributed by atoms with E-state index in [0.717, 1.165) is 32.1 Å². The molecule has 0 saturated heterocycles. The van der Waals surface area contributed by atoms with Gasteiger partial charge in [0.15, 0.2) is 5.96 Å². The Morgan fingerprint density at radius 3 is 2.40 bits per heavy atom. The Bertz CT molecular complexity index is 496. The topological polar surface area (TPSA) is 54.9 Å². The van der Waals surface area contributed by atoms with Crippen LogP contribution in [0.4, 0.5) is 0 Å². The molecule has 0 fully saturated rings. The first kappa shape index (κ1) is 24.1. The van der Waals surface area contributed by atoms with Crippen LogP contribution in [0, 0.1) is 13.8 Å². The number of benzene rings is 1. The van der Waals surface area contributed by atoms with Crippen molar-refractivity contribution in [1.29, 1.82) is 0 Å². The number of hydrogen-bond acceptors (Lipinski definition) is 3. The fourth-order valence-electron chi connectivity index (χ4n) is 2.25. The molecule has 0 bridgehead atoms. The third-order valence-corrected chi connectivity index (χ3v) is 3.72. The summed E-state index contributed by atoms with van der Waals surface area (Å²) in [6, 6.07) is 6.49. The molecule has 144 valence electrons. The molecule has 25 heavy (non-hydrogen) atoms. The van der Waals surface area contributed by atoms with E-state index in [1.807, 2.05) is 0 Å². The second-order valence-corrected chi connectivity index (χ2v) is 5.86. The second-order valence-electron chi connectivity index (χ2n) is 5.86. The molecule has 0 unspecified atom stereocenters. The van der Waals surface area contributed by atoms with Gasteiger partial charge in [0, 0.05) is 26.7 Å². The van der Waals surface area contributed by atoms with Gasteiger partial charge in [0.25, 0.3) is 0 Å². The number of aryl methyl sites for hydroxylation is 2. The Morgan fingerprint density at radius 1 is 1.04 bits per heavy atom. The lowest BCUT2D eigenvalue weighted by Crippen LogP contribution is -2.38. The zero-order valence-corrected chi connectivity index (χ0v) is 18.4. The Labute approximate surface area is 170 Å². The SMILES string of the molecule is CCCCOCCOCCNC(=NC)NCc1ccc(C)cc1C.I. The summed E-state index contributed by atoms with van der Waals surface area (Å²) >= 11 is 0. The van der Waals surface area contributed by atoms with Crippen LogP contribution in [-0.2, 0) is 16.0 Å². The maximum atomic E-state index is 5.53. The average molecular weight is 463 g/mol. The highest BCUT2D eigenvalue weighted by atomic mass is 127. The quantitative estimate of drug-likeness (QED) is 0.229. The van der Waals surface area contributed by atoms with Crippen molar-refractivity contribution in [2.45, 2.75) is 40.2 Å². The van der Waals surface area contributed by atoms with Gasteiger partial charge in [-0.1, -0.05) is 37.1 Å². The van der Waals surface area contributed by atoms with Crippen LogP contribution in [0.5, 0.6) is 0 Å². The van der Waals surface area contributed by atoms with E-state index in [0.29, 0.717) is 19.8 Å². The van der Waals surface area contributed by atoms with E-state index in [9.17, 15) is 0 Å². The van der Waals surface area contributed by atoms with Crippen molar-refractivity contribution >= 4 is 29.9 Å². The Balaban J connectivity index is 0.00000576. The molecule has 1 rings (SSSR count). The van der Waals surface area contributed by atoms with Gasteiger partial charge in [0.2, 0.25) is 0 Å². The van der Waals surface area contributed by atoms with Crippen molar-refractivity contribution < 1.29 is 9.47 Å². The number of hydrogen-bond donors (Lipinski definition) is 2. The van der Waals surface area contributed by atoms with Crippen molar-refractivity contribution in [3.05, 3.63) is 34.9 Å². The van der Waals surface area contributed by atoms with Crippen LogP contribution in [0.2, 0.25) is 0 Å². The van der Waals surface area contributed by atoms with E-state index in [1.165, 1.54) is 23.1 Å². The standard InChI is InChI=1S/C19H33N3O2.HI/c1-5-6-10-23-12-13-24-11-9-21-19(20-4)22-15-18-8-7-16(2)14-17(18)3;/h7-8,14H,5-6,9-13,15H2,1-4H3,(H2,20,21,22);1H. The summed E-state index contributed by atoms with van der Waals surface area (Å²) < 4.78 is 11.0. The minimum atomic E-state index is 0. The van der Waals surface area contributed by atoms with Crippen LogP contribution < -0.4 is 10.6 Å². The fraction of sp³-hybridized carbons (Fsp3) is 0.632. The fourth-order valence-corrected chi connectivity index (χ4v) is 2.25. The van der Waals surface area contributed by atoms with Crippen molar-refractivity contribution in [3.63, 3.8) is 0 Å². The molecule has 6 heteroatoms. The maximum absolute atomic E-state index is 5.53. The number of aliphatic imine (C=N–C) groups is 1. The Kier molecular flexibility index (Phi) is 14.9. The predicted molar refractivity (Wildman–Crippen MR) is 116 cm³/mol. The molecule has 2 N–H and O–H groups in total. The predicted octanol–water partition coefficient (Wildman–Crippen LogP) is 3.42. The average Bonchev–Trinajstić information content (AvgIpc) is 2.57. The van der Waals surface area contributed by atoms with E-state index in [-0.39, 0.29) is 24.0 Å². The van der Waals surface area contributed by atoms with Gasteiger partial charge in [0.05, 0.1) is 19.8 Å². The van der Waals surface area contributed by atoms with Crippen LogP contribution in [0.3, 0.4) is 0 Å². The van der Waals surface area contributed by atoms with Crippen LogP contribution in [0.25, 0.3) is 0 Å². The molecule has 0 amide bonds. The molecule has 0 radical (unpaired) electrons. The minimum Gasteiger partial charge on any atom is -0.379 e. The number of ether oxygens (including phenoxy) is 2. The number of halogens is 1. The van der Waals surface area contributed by atoms with Crippen molar-refractivity contribution in [2.75, 3.05) is 40.0 Å². The first-order chi connectivity index (χ1) is 11.7. The number of guanidine groups is 1. The molecule has 1 aromatic carbocycles. The lowest BCUT2D eigenvalue weighted by Gasteiger charge is -2.13. The molecule has 0 aromatic heterocycles. The molecule has 0 aliphatic heterocycles. The van der Waals surface area contributed by atoms with Gasteiger partial charge in [-0.25, -0.2) is 0 Å². The molecule has 5 nitrogen and oxygen atoms in total. The molecule has 1 aromatic rings. The zero-order chi connectivity index (χ0) is 17.6. The van der Waals surface area contributed by atoms with Gasteiger partial charge in [-0.05, 0) is 31.4 Å². The smallest absolute Gasteiger partial charge is 0.191 e. The lowest BCUT2D eigenvalue weighted by molar-refractivity contribution is 0.0487. The number of unbranched alkanes of at least 4 members (excludes halogenated alkanes) is 1. The summed E-state index contributed by atoms with van der Waals surface area (Å²) in [5.41, 5.74) is 3.86. The third-order valence-electron chi connectivity index (χ3n) is 3.72. The molecule has 0 saturated carbocycles. The van der Waals surface area contributed by atoms with Crippen molar-refractivity contribution in [2.24, 2.45) is 4.99 Å². The highest BCUT2D eigenvalue weighted by Gasteiger charge is 2.01. The first-order valence-corrected chi connectivity index (χ1v) is 8.83. The van der Waals surface area contributed by atoms with Crippen LogP contribution in [0.1, 0.15) is 36.5 Å². The van der Waals surface area contributed by atoms with Crippen molar-refractivity contribution in [3.8, 4) is 0 Å². The molecule has 0 aliphatic carbocycles. The van der Waals surface area contributed by atoms with E-state index in [1.54, 1.807) is 7.05 Å². The normalized spacial score (nSPS) is 11.1. The van der Waals surface area contributed by atoms with Gasteiger partial charge in [-0.15, -0.1) is 24.0 Å². The van der Waals surface area contributed by atoms with Crippen LogP contribution in [-0.4, -0.2) is 46.0 Å². The number of rotatable bonds is 11. The summed E-state index contributed by atoms with van der Waals surface area (Å²) in [6.07, 6.45) is 2.28. The van der Waals surface area contributed by atoms with E-state index in [4.69, 9.17) is 9.47 Å². The molecule has 0 heterocycles. The second kappa shape index (κ2) is 15.4. The number of nitrogens with zero attached hydrogens (tertiary/aromatic N) is 1. The summed E-state index contributed by atoms with van der Waals surface area (Å²) in [4.78, 5) is 4.23. The van der Waals surface area contributed by atoms with Gasteiger partial charge in [-0.3, -0.25) is 4.99 Å². The Hall–Kier alpha value is -0.860. The molecule has 0 aliphatic rings. The lowest BCUT2D eigenvalue weighted by atomic mass is 10.1. The summed E-state index contributed by atoms with van der Waals surface area (Å²) in [5, 5.41) is 6.58. The highest BCUT2D eigenvalue weighted by Crippen LogP contribution is 2.09. The van der Waals surface area contributed by atoms with E-state index < -0.39 is 0 Å². The van der Waals surface area contributed by atoms with Crippen LogP contribution in [0.15, 0.2) is 23.2 Å². The van der Waals surface area contributed by atoms with Gasteiger partial charge >= 0.3 is 0 Å². The van der Waals surface area contributed by atoms with Gasteiger partial charge < -0.3 is 20.1 Å². The summed E-state index contributed by atoms with van der Waals surface area (Å²) in [5.74, 6) is 0.790.